The average Bonchev–Trinajstić information content (AvgIpc) is 3.28. The molecule has 0 radical (unpaired) electrons. The summed E-state index contributed by atoms with van der Waals surface area (Å²) in [6.07, 6.45) is 0.180. The Labute approximate surface area is 161 Å². The van der Waals surface area contributed by atoms with E-state index in [1.807, 2.05) is 11.0 Å². The number of benzene rings is 1. The van der Waals surface area contributed by atoms with Gasteiger partial charge in [-0.1, -0.05) is 6.07 Å². The highest BCUT2D eigenvalue weighted by molar-refractivity contribution is 5.76. The molecule has 4 rings (SSSR count). The predicted octanol–water partition coefficient (Wildman–Crippen LogP) is 2.58. The number of pyridine rings is 1. The number of nitrogens with one attached hydrogen (secondary N) is 1. The number of H-pyrrole nitrogens is 1. The van der Waals surface area contributed by atoms with Crippen LogP contribution in [0.3, 0.4) is 0 Å². The van der Waals surface area contributed by atoms with Crippen LogP contribution in [0.4, 0.5) is 4.39 Å². The summed E-state index contributed by atoms with van der Waals surface area (Å²) in [7, 11) is 1.57. The molecule has 3 aromatic rings. The Hall–Kier alpha value is -3.02. The lowest BCUT2D eigenvalue weighted by Crippen LogP contribution is -2.24. The van der Waals surface area contributed by atoms with Crippen LogP contribution in [0, 0.1) is 11.3 Å². The van der Waals surface area contributed by atoms with Crippen molar-refractivity contribution in [1.82, 2.24) is 19.9 Å². The fraction of sp³-hybridized carbons (Fsp3) is 0.350. The molecule has 0 unspecified atom stereocenters. The van der Waals surface area contributed by atoms with Crippen LogP contribution in [0.2, 0.25) is 0 Å². The van der Waals surface area contributed by atoms with Crippen molar-refractivity contribution in [2.45, 2.75) is 25.4 Å². The Morgan fingerprint density at radius 1 is 1.32 bits per heavy atom. The van der Waals surface area contributed by atoms with Gasteiger partial charge in [0.1, 0.15) is 24.7 Å². The highest BCUT2D eigenvalue weighted by atomic mass is 19.1. The van der Waals surface area contributed by atoms with E-state index in [0.717, 1.165) is 16.6 Å². The highest BCUT2D eigenvalue weighted by Gasteiger charge is 2.33. The molecular formula is C20H20FN5O2. The second kappa shape index (κ2) is 7.92. The maximum Gasteiger partial charge on any atom is 0.212 e. The highest BCUT2D eigenvalue weighted by Crippen LogP contribution is 2.21. The smallest absolute Gasteiger partial charge is 0.212 e. The van der Waals surface area contributed by atoms with Crippen LogP contribution in [0.25, 0.3) is 11.0 Å². The predicted molar refractivity (Wildman–Crippen MR) is 100 cm³/mol. The first-order chi connectivity index (χ1) is 13.6. The molecule has 0 aliphatic carbocycles. The summed E-state index contributed by atoms with van der Waals surface area (Å²) in [6.45, 7) is 1.63. The summed E-state index contributed by atoms with van der Waals surface area (Å²) < 4.78 is 25.2. The van der Waals surface area contributed by atoms with E-state index in [-0.39, 0.29) is 6.61 Å². The molecule has 0 bridgehead atoms. The third kappa shape index (κ3) is 3.96. The molecule has 1 aromatic carbocycles. The first-order valence-electron chi connectivity index (χ1n) is 9.00. The van der Waals surface area contributed by atoms with E-state index < -0.39 is 12.3 Å². The van der Waals surface area contributed by atoms with Crippen molar-refractivity contribution < 1.29 is 13.9 Å². The van der Waals surface area contributed by atoms with E-state index in [9.17, 15) is 4.39 Å². The fourth-order valence-electron chi connectivity index (χ4n) is 3.36. The van der Waals surface area contributed by atoms with Crippen LogP contribution < -0.4 is 4.74 Å². The number of aromatic nitrogens is 3. The Kier molecular flexibility index (Phi) is 5.19. The number of likely N-dealkylation sites (tertiary alicyclic amines) is 1. The maximum atomic E-state index is 14.4. The number of nitrogens with zero attached hydrogens (tertiary/aromatic N) is 4. The van der Waals surface area contributed by atoms with Crippen molar-refractivity contribution >= 4 is 11.0 Å². The standard InChI is InChI=1S/C20H20FN5O2/c1-27-20-5-3-14(8-23-20)9-26-10-15(21)18(11-26)28-12-19-24-16-4-2-13(7-22)6-17(16)25-19/h2-6,8,15,18H,9-12H2,1H3,(H,24,25)/t15-,18+/m1/s1. The van der Waals surface area contributed by atoms with Gasteiger partial charge in [-0.05, 0) is 23.8 Å². The first-order valence-corrected chi connectivity index (χ1v) is 9.00. The van der Waals surface area contributed by atoms with Gasteiger partial charge in [-0.3, -0.25) is 4.90 Å². The van der Waals surface area contributed by atoms with E-state index in [1.54, 1.807) is 37.6 Å². The molecule has 0 spiro atoms. The number of ether oxygens (including phenoxy) is 2. The second-order valence-electron chi connectivity index (χ2n) is 6.80. The molecule has 1 aliphatic heterocycles. The quantitative estimate of drug-likeness (QED) is 0.706. The summed E-state index contributed by atoms with van der Waals surface area (Å²) in [5.74, 6) is 1.18. The Morgan fingerprint density at radius 3 is 2.96 bits per heavy atom. The number of rotatable bonds is 6. The first kappa shape index (κ1) is 18.3. The van der Waals surface area contributed by atoms with Crippen molar-refractivity contribution in [3.05, 3.63) is 53.5 Å². The number of halogens is 1. The summed E-state index contributed by atoms with van der Waals surface area (Å²) in [5.41, 5.74) is 3.09. The van der Waals surface area contributed by atoms with Crippen LogP contribution in [0.1, 0.15) is 17.0 Å². The number of hydrogen-bond donors (Lipinski definition) is 1. The molecular weight excluding hydrogens is 361 g/mol. The van der Waals surface area contributed by atoms with Crippen molar-refractivity contribution in [3.8, 4) is 11.9 Å². The molecule has 2 aromatic heterocycles. The fourth-order valence-corrected chi connectivity index (χ4v) is 3.36. The second-order valence-corrected chi connectivity index (χ2v) is 6.80. The van der Waals surface area contributed by atoms with Gasteiger partial charge in [0, 0.05) is 31.9 Å². The van der Waals surface area contributed by atoms with Crippen molar-refractivity contribution in [1.29, 1.82) is 5.26 Å². The third-order valence-corrected chi connectivity index (χ3v) is 4.78. The average molecular weight is 381 g/mol. The molecule has 0 saturated carbocycles. The van der Waals surface area contributed by atoms with Crippen LogP contribution in [0.5, 0.6) is 5.88 Å². The van der Waals surface area contributed by atoms with Crippen LogP contribution in [-0.2, 0) is 17.9 Å². The number of hydrogen-bond acceptors (Lipinski definition) is 6. The zero-order valence-corrected chi connectivity index (χ0v) is 15.4. The van der Waals surface area contributed by atoms with Crippen LogP contribution >= 0.6 is 0 Å². The summed E-state index contributed by atoms with van der Waals surface area (Å²) in [6, 6.07) is 11.1. The van der Waals surface area contributed by atoms with Gasteiger partial charge in [-0.15, -0.1) is 0 Å². The Morgan fingerprint density at radius 2 is 2.21 bits per heavy atom. The number of alkyl halides is 1. The summed E-state index contributed by atoms with van der Waals surface area (Å²) in [5, 5.41) is 8.97. The van der Waals surface area contributed by atoms with Crippen LogP contribution in [-0.4, -0.2) is 52.3 Å². The van der Waals surface area contributed by atoms with E-state index in [1.165, 1.54) is 0 Å². The molecule has 8 heteroatoms. The van der Waals surface area contributed by atoms with Crippen molar-refractivity contribution in [2.24, 2.45) is 0 Å². The molecule has 3 heterocycles. The van der Waals surface area contributed by atoms with E-state index >= 15 is 0 Å². The maximum absolute atomic E-state index is 14.4. The van der Waals surface area contributed by atoms with E-state index in [4.69, 9.17) is 14.7 Å². The van der Waals surface area contributed by atoms with Gasteiger partial charge in [0.15, 0.2) is 0 Å². The van der Waals surface area contributed by atoms with Crippen molar-refractivity contribution in [3.63, 3.8) is 0 Å². The lowest BCUT2D eigenvalue weighted by Gasteiger charge is -2.15. The van der Waals surface area contributed by atoms with Crippen LogP contribution in [0.15, 0.2) is 36.5 Å². The summed E-state index contributed by atoms with van der Waals surface area (Å²) >= 11 is 0. The number of fused-ring (bicyclic) bond motifs is 1. The Balaban J connectivity index is 1.34. The minimum Gasteiger partial charge on any atom is -0.481 e. The molecule has 0 amide bonds. The topological polar surface area (TPSA) is 87.1 Å². The number of aromatic amines is 1. The van der Waals surface area contributed by atoms with E-state index in [0.29, 0.717) is 36.9 Å². The van der Waals surface area contributed by atoms with Crippen molar-refractivity contribution in [2.75, 3.05) is 20.2 Å². The van der Waals surface area contributed by atoms with E-state index in [2.05, 4.69) is 21.0 Å². The van der Waals surface area contributed by atoms with Gasteiger partial charge < -0.3 is 14.5 Å². The molecule has 7 nitrogen and oxygen atoms in total. The minimum absolute atomic E-state index is 0.194. The normalized spacial score (nSPS) is 19.8. The lowest BCUT2D eigenvalue weighted by molar-refractivity contribution is 0.00863. The lowest BCUT2D eigenvalue weighted by atomic mass is 10.2. The van der Waals surface area contributed by atoms with Gasteiger partial charge in [0.05, 0.1) is 29.8 Å². The number of nitriles is 1. The zero-order chi connectivity index (χ0) is 19.5. The molecule has 28 heavy (non-hydrogen) atoms. The van der Waals surface area contributed by atoms with Gasteiger partial charge in [0.25, 0.3) is 0 Å². The van der Waals surface area contributed by atoms with Gasteiger partial charge in [0.2, 0.25) is 5.88 Å². The largest absolute Gasteiger partial charge is 0.481 e. The SMILES string of the molecule is COc1ccc(CN2C[C@@H](F)[C@@H](OCc3nc4ccc(C#N)cc4[nH]3)C2)cn1. The number of methoxy groups -OCH3 is 1. The Bertz CT molecular complexity index is 998. The molecule has 2 atom stereocenters. The van der Waals surface area contributed by atoms with Gasteiger partial charge >= 0.3 is 0 Å². The molecule has 1 N–H and O–H groups in total. The van der Waals surface area contributed by atoms with Gasteiger partial charge in [-0.2, -0.15) is 5.26 Å². The zero-order valence-electron chi connectivity index (χ0n) is 15.4. The van der Waals surface area contributed by atoms with Gasteiger partial charge in [-0.25, -0.2) is 14.4 Å². The number of imidazole rings is 1. The molecule has 144 valence electrons. The monoisotopic (exact) mass is 381 g/mol. The summed E-state index contributed by atoms with van der Waals surface area (Å²) in [4.78, 5) is 13.7. The molecule has 1 saturated heterocycles. The molecule has 1 aliphatic rings. The minimum atomic E-state index is -1.05. The third-order valence-electron chi connectivity index (χ3n) is 4.78. The molecule has 1 fully saturated rings.